The van der Waals surface area contributed by atoms with E-state index in [0.29, 0.717) is 6.54 Å². The second-order valence-electron chi connectivity index (χ2n) is 6.86. The van der Waals surface area contributed by atoms with Crippen molar-refractivity contribution in [2.75, 3.05) is 6.54 Å². The van der Waals surface area contributed by atoms with Crippen LogP contribution in [0.3, 0.4) is 0 Å². The summed E-state index contributed by atoms with van der Waals surface area (Å²) in [5.74, 6) is 0.0374. The van der Waals surface area contributed by atoms with Gasteiger partial charge < -0.3 is 4.79 Å². The number of nitrogens with one attached hydrogen (secondary N) is 1. The largest absolute Gasteiger partial charge is 0.303 e. The molecule has 0 amide bonds. The minimum atomic E-state index is -3.45. The highest BCUT2D eigenvalue weighted by atomic mass is 32.2. The fraction of sp³-hybridized carbons (Fsp3) is 0.429. The molecule has 1 aromatic carbocycles. The van der Waals surface area contributed by atoms with Crippen LogP contribution in [0.25, 0.3) is 0 Å². The number of hydrogen-bond donors (Lipinski definition) is 1. The molecule has 2 rings (SSSR count). The molecule has 0 aliphatic heterocycles. The molecule has 0 aliphatic carbocycles. The van der Waals surface area contributed by atoms with Gasteiger partial charge >= 0.3 is 0 Å². The molecule has 0 saturated heterocycles. The third-order valence-electron chi connectivity index (χ3n) is 4.58. The van der Waals surface area contributed by atoms with Gasteiger partial charge in [0.1, 0.15) is 6.29 Å². The van der Waals surface area contributed by atoms with E-state index < -0.39 is 10.0 Å². The summed E-state index contributed by atoms with van der Waals surface area (Å²) in [7, 11) is -3.45. The molecule has 0 bridgehead atoms. The average molecular weight is 389 g/mol. The van der Waals surface area contributed by atoms with Crippen molar-refractivity contribution in [1.29, 1.82) is 0 Å². The molecule has 1 N–H and O–H groups in total. The molecular formula is C21H28N2O3S. The highest BCUT2D eigenvalue weighted by Crippen LogP contribution is 2.15. The molecule has 0 saturated carbocycles. The summed E-state index contributed by atoms with van der Waals surface area (Å²) in [5, 5.41) is 0. The van der Waals surface area contributed by atoms with E-state index in [0.717, 1.165) is 50.4 Å². The van der Waals surface area contributed by atoms with E-state index >= 15 is 0 Å². The molecule has 1 atom stereocenters. The van der Waals surface area contributed by atoms with Gasteiger partial charge in [0, 0.05) is 24.9 Å². The van der Waals surface area contributed by atoms with E-state index in [1.807, 2.05) is 25.3 Å². The lowest BCUT2D eigenvalue weighted by Gasteiger charge is -2.11. The Bertz CT molecular complexity index is 790. The van der Waals surface area contributed by atoms with E-state index in [2.05, 4.69) is 9.71 Å². The lowest BCUT2D eigenvalue weighted by molar-refractivity contribution is -0.111. The summed E-state index contributed by atoms with van der Waals surface area (Å²) in [4.78, 5) is 15.6. The number of unbranched alkanes of at least 4 members (excludes halogenated alkanes) is 1. The van der Waals surface area contributed by atoms with E-state index in [4.69, 9.17) is 0 Å². The maximum Gasteiger partial charge on any atom is 0.240 e. The van der Waals surface area contributed by atoms with Gasteiger partial charge in [0.2, 0.25) is 10.0 Å². The Kier molecular flexibility index (Phi) is 8.61. The molecule has 1 heterocycles. The van der Waals surface area contributed by atoms with Gasteiger partial charge in [0.05, 0.1) is 4.90 Å². The number of carbonyl (C=O) groups excluding carboxylic acids is 1. The second-order valence-corrected chi connectivity index (χ2v) is 8.62. The molecular weight excluding hydrogens is 360 g/mol. The first-order chi connectivity index (χ1) is 13.0. The Balaban J connectivity index is 1.64. The SMILES string of the molecule is Cc1ccc(S(=O)(=O)NCCCCC(C=O)CCCc2cccnc2)cc1. The van der Waals surface area contributed by atoms with Crippen molar-refractivity contribution in [3.63, 3.8) is 0 Å². The van der Waals surface area contributed by atoms with Crippen LogP contribution in [-0.2, 0) is 21.2 Å². The third-order valence-corrected chi connectivity index (χ3v) is 6.06. The zero-order valence-electron chi connectivity index (χ0n) is 15.8. The van der Waals surface area contributed by atoms with Crippen molar-refractivity contribution in [3.8, 4) is 0 Å². The first-order valence-corrected chi connectivity index (χ1v) is 10.9. The van der Waals surface area contributed by atoms with E-state index in [1.54, 1.807) is 30.5 Å². The molecule has 6 heteroatoms. The van der Waals surface area contributed by atoms with Crippen LogP contribution in [0, 0.1) is 12.8 Å². The lowest BCUT2D eigenvalue weighted by atomic mass is 9.96. The molecule has 5 nitrogen and oxygen atoms in total. The summed E-state index contributed by atoms with van der Waals surface area (Å²) in [6.45, 7) is 2.31. The Morgan fingerprint density at radius 3 is 2.48 bits per heavy atom. The number of carbonyl (C=O) groups is 1. The zero-order chi connectivity index (χ0) is 19.5. The van der Waals surface area contributed by atoms with Crippen molar-refractivity contribution in [2.24, 2.45) is 5.92 Å². The fourth-order valence-electron chi connectivity index (χ4n) is 2.93. The molecule has 1 aromatic heterocycles. The number of aromatic nitrogens is 1. The number of rotatable bonds is 12. The molecule has 1 unspecified atom stereocenters. The number of aldehydes is 1. The molecule has 0 spiro atoms. The van der Waals surface area contributed by atoms with Crippen molar-refractivity contribution in [1.82, 2.24) is 9.71 Å². The van der Waals surface area contributed by atoms with Crippen molar-refractivity contribution >= 4 is 16.3 Å². The highest BCUT2D eigenvalue weighted by molar-refractivity contribution is 7.89. The van der Waals surface area contributed by atoms with E-state index in [-0.39, 0.29) is 10.8 Å². The van der Waals surface area contributed by atoms with Crippen LogP contribution < -0.4 is 4.72 Å². The predicted octanol–water partition coefficient (Wildman–Crippen LogP) is 3.68. The van der Waals surface area contributed by atoms with Gasteiger partial charge in [-0.2, -0.15) is 0 Å². The number of aryl methyl sites for hydroxylation is 2. The number of benzene rings is 1. The summed E-state index contributed by atoms with van der Waals surface area (Å²) < 4.78 is 27.0. The molecule has 2 aromatic rings. The van der Waals surface area contributed by atoms with Gasteiger partial charge in [-0.05, 0) is 62.8 Å². The van der Waals surface area contributed by atoms with E-state index in [1.165, 1.54) is 5.56 Å². The molecule has 0 radical (unpaired) electrons. The normalized spacial score (nSPS) is 12.6. The van der Waals surface area contributed by atoms with Crippen molar-refractivity contribution in [2.45, 2.75) is 50.3 Å². The number of nitrogens with zero attached hydrogens (tertiary/aromatic N) is 1. The van der Waals surface area contributed by atoms with Crippen LogP contribution in [-0.4, -0.2) is 26.2 Å². The van der Waals surface area contributed by atoms with Gasteiger partial charge in [-0.25, -0.2) is 13.1 Å². The Hall–Kier alpha value is -2.05. The quantitative estimate of drug-likeness (QED) is 0.444. The van der Waals surface area contributed by atoms with Gasteiger partial charge in [0.25, 0.3) is 0 Å². The van der Waals surface area contributed by atoms with Gasteiger partial charge in [-0.3, -0.25) is 4.98 Å². The average Bonchev–Trinajstić information content (AvgIpc) is 2.67. The van der Waals surface area contributed by atoms with Crippen LogP contribution in [0.15, 0.2) is 53.7 Å². The summed E-state index contributed by atoms with van der Waals surface area (Å²) >= 11 is 0. The maximum atomic E-state index is 12.2. The molecule has 27 heavy (non-hydrogen) atoms. The maximum absolute atomic E-state index is 12.2. The van der Waals surface area contributed by atoms with Crippen LogP contribution in [0.2, 0.25) is 0 Å². The Morgan fingerprint density at radius 1 is 1.07 bits per heavy atom. The lowest BCUT2D eigenvalue weighted by Crippen LogP contribution is -2.24. The topological polar surface area (TPSA) is 76.1 Å². The van der Waals surface area contributed by atoms with E-state index in [9.17, 15) is 13.2 Å². The van der Waals surface area contributed by atoms with Crippen molar-refractivity contribution < 1.29 is 13.2 Å². The number of sulfonamides is 1. The molecule has 0 aliphatic rings. The monoisotopic (exact) mass is 388 g/mol. The van der Waals surface area contributed by atoms with Crippen LogP contribution in [0.4, 0.5) is 0 Å². The van der Waals surface area contributed by atoms with Crippen LogP contribution in [0.1, 0.15) is 43.2 Å². The summed E-state index contributed by atoms with van der Waals surface area (Å²) in [6, 6.07) is 10.8. The summed E-state index contributed by atoms with van der Waals surface area (Å²) in [5.41, 5.74) is 2.21. The summed E-state index contributed by atoms with van der Waals surface area (Å²) in [6.07, 6.45) is 9.71. The molecule has 0 fully saturated rings. The van der Waals surface area contributed by atoms with Gasteiger partial charge in [-0.1, -0.05) is 30.2 Å². The third kappa shape index (κ3) is 7.61. The first-order valence-electron chi connectivity index (χ1n) is 9.42. The van der Waals surface area contributed by atoms with Crippen molar-refractivity contribution in [3.05, 3.63) is 59.9 Å². The predicted molar refractivity (Wildman–Crippen MR) is 107 cm³/mol. The number of hydrogen-bond acceptors (Lipinski definition) is 4. The Labute approximate surface area is 162 Å². The minimum Gasteiger partial charge on any atom is -0.303 e. The minimum absolute atomic E-state index is 0.0374. The first kappa shape index (κ1) is 21.3. The van der Waals surface area contributed by atoms with Crippen LogP contribution >= 0.6 is 0 Å². The standard InChI is InChI=1S/C21H28N2O3S/c1-18-10-12-21(13-11-18)27(25,26)23-15-3-2-6-20(17-24)8-4-7-19-9-5-14-22-16-19/h5,9-14,16-17,20,23H,2-4,6-8,15H2,1H3. The molecule has 146 valence electrons. The Morgan fingerprint density at radius 2 is 1.81 bits per heavy atom. The second kappa shape index (κ2) is 10.9. The fourth-order valence-corrected chi connectivity index (χ4v) is 4.01. The van der Waals surface area contributed by atoms with Gasteiger partial charge in [-0.15, -0.1) is 0 Å². The van der Waals surface area contributed by atoms with Crippen LogP contribution in [0.5, 0.6) is 0 Å². The number of pyridine rings is 1. The smallest absolute Gasteiger partial charge is 0.240 e. The highest BCUT2D eigenvalue weighted by Gasteiger charge is 2.13. The van der Waals surface area contributed by atoms with Gasteiger partial charge in [0.15, 0.2) is 0 Å². The zero-order valence-corrected chi connectivity index (χ0v) is 16.6.